The van der Waals surface area contributed by atoms with Gasteiger partial charge in [0.05, 0.1) is 18.5 Å². The van der Waals surface area contributed by atoms with Crippen LogP contribution in [0.5, 0.6) is 0 Å². The molecule has 1 amide bonds. The fourth-order valence-corrected chi connectivity index (χ4v) is 3.54. The van der Waals surface area contributed by atoms with E-state index < -0.39 is 12.0 Å². The van der Waals surface area contributed by atoms with Gasteiger partial charge in [0, 0.05) is 6.04 Å². The van der Waals surface area contributed by atoms with Gasteiger partial charge in [-0.15, -0.1) is 6.42 Å². The first-order valence-electron chi connectivity index (χ1n) is 6.74. The average Bonchev–Trinajstić information content (AvgIpc) is 2.96. The van der Waals surface area contributed by atoms with Gasteiger partial charge in [-0.1, -0.05) is 5.92 Å². The number of carboxylic acids is 1. The van der Waals surface area contributed by atoms with Crippen LogP contribution in [0.15, 0.2) is 0 Å². The van der Waals surface area contributed by atoms with Gasteiger partial charge < -0.3 is 15.7 Å². The summed E-state index contributed by atoms with van der Waals surface area (Å²) >= 11 is 0. The summed E-state index contributed by atoms with van der Waals surface area (Å²) in [5.41, 5.74) is 0. The Morgan fingerprint density at radius 2 is 2.11 bits per heavy atom. The van der Waals surface area contributed by atoms with Gasteiger partial charge in [0.2, 0.25) is 5.91 Å². The molecule has 0 spiro atoms. The van der Waals surface area contributed by atoms with E-state index in [4.69, 9.17) is 6.42 Å². The summed E-state index contributed by atoms with van der Waals surface area (Å²) in [5, 5.41) is 15.1. The van der Waals surface area contributed by atoms with Gasteiger partial charge in [0.1, 0.15) is 0 Å². The zero-order chi connectivity index (χ0) is 14.0. The second kappa shape index (κ2) is 5.62. The molecule has 2 bridgehead atoms. The van der Waals surface area contributed by atoms with Crippen LogP contribution in [-0.4, -0.2) is 35.6 Å². The van der Waals surface area contributed by atoms with E-state index in [1.54, 1.807) is 6.92 Å². The summed E-state index contributed by atoms with van der Waals surface area (Å²) in [6.45, 7) is 1.95. The number of carbonyl (C=O) groups excluding carboxylic acids is 1. The maximum Gasteiger partial charge on any atom is 0.308 e. The lowest BCUT2D eigenvalue weighted by Gasteiger charge is -2.31. The van der Waals surface area contributed by atoms with E-state index in [9.17, 15) is 14.7 Å². The number of rotatable bonds is 5. The lowest BCUT2D eigenvalue weighted by atomic mass is 9.84. The van der Waals surface area contributed by atoms with Gasteiger partial charge in [-0.05, 0) is 38.0 Å². The first-order valence-corrected chi connectivity index (χ1v) is 6.74. The number of fused-ring (bicyclic) bond motifs is 2. The molecule has 2 aliphatic rings. The molecule has 0 radical (unpaired) electrons. The van der Waals surface area contributed by atoms with Crippen molar-refractivity contribution in [3.8, 4) is 12.3 Å². The highest BCUT2D eigenvalue weighted by molar-refractivity contribution is 5.81. The second-order valence-corrected chi connectivity index (χ2v) is 5.53. The molecule has 5 unspecified atom stereocenters. The third kappa shape index (κ3) is 2.74. The first kappa shape index (κ1) is 13.9. The molecule has 0 heterocycles. The molecule has 0 aliphatic heterocycles. The van der Waals surface area contributed by atoms with Crippen molar-refractivity contribution < 1.29 is 14.7 Å². The second-order valence-electron chi connectivity index (χ2n) is 5.53. The Hall–Kier alpha value is -1.54. The lowest BCUT2D eigenvalue weighted by molar-refractivity contribution is -0.145. The van der Waals surface area contributed by atoms with Crippen molar-refractivity contribution in [1.29, 1.82) is 0 Å². The average molecular weight is 264 g/mol. The Morgan fingerprint density at radius 3 is 2.74 bits per heavy atom. The number of aliphatic carboxylic acids is 1. The molecule has 0 saturated heterocycles. The van der Waals surface area contributed by atoms with Crippen LogP contribution in [-0.2, 0) is 9.59 Å². The Balaban J connectivity index is 1.96. The van der Waals surface area contributed by atoms with Crippen LogP contribution in [0.25, 0.3) is 0 Å². The van der Waals surface area contributed by atoms with E-state index >= 15 is 0 Å². The van der Waals surface area contributed by atoms with Crippen LogP contribution in [0.3, 0.4) is 0 Å². The maximum absolute atomic E-state index is 11.8. The van der Waals surface area contributed by atoms with E-state index in [1.807, 2.05) is 0 Å². The van der Waals surface area contributed by atoms with Crippen molar-refractivity contribution in [3.63, 3.8) is 0 Å². The summed E-state index contributed by atoms with van der Waals surface area (Å²) in [5.74, 6) is 1.71. The SMILES string of the molecule is C#CCNC(=O)C(C)NC1C2CCC(C2)C1C(=O)O. The minimum Gasteiger partial charge on any atom is -0.481 e. The van der Waals surface area contributed by atoms with Crippen molar-refractivity contribution in [3.05, 3.63) is 0 Å². The van der Waals surface area contributed by atoms with E-state index in [1.165, 1.54) is 0 Å². The zero-order valence-corrected chi connectivity index (χ0v) is 11.1. The summed E-state index contributed by atoms with van der Waals surface area (Å²) in [6.07, 6.45) is 8.11. The van der Waals surface area contributed by atoms with Crippen LogP contribution in [0.4, 0.5) is 0 Å². The van der Waals surface area contributed by atoms with Crippen LogP contribution >= 0.6 is 0 Å². The molecule has 5 atom stereocenters. The fraction of sp³-hybridized carbons (Fsp3) is 0.714. The third-order valence-electron chi connectivity index (χ3n) is 4.40. The molecule has 2 saturated carbocycles. The van der Waals surface area contributed by atoms with Gasteiger partial charge >= 0.3 is 5.97 Å². The molecule has 19 heavy (non-hydrogen) atoms. The highest BCUT2D eigenvalue weighted by Gasteiger charge is 2.51. The summed E-state index contributed by atoms with van der Waals surface area (Å²) in [7, 11) is 0. The number of nitrogens with one attached hydrogen (secondary N) is 2. The first-order chi connectivity index (χ1) is 9.04. The number of hydrogen-bond acceptors (Lipinski definition) is 3. The number of carbonyl (C=O) groups is 2. The van der Waals surface area contributed by atoms with E-state index in [0.717, 1.165) is 19.3 Å². The molecular weight excluding hydrogens is 244 g/mol. The predicted octanol–water partition coefficient (Wildman–Crippen LogP) is 0.213. The standard InChI is InChI=1S/C14H20N2O3/c1-3-6-15-13(17)8(2)16-12-10-5-4-9(7-10)11(12)14(18)19/h1,8-12,16H,4-7H2,2H3,(H,15,17)(H,18,19). The minimum atomic E-state index is -0.749. The summed E-state index contributed by atoms with van der Waals surface area (Å²) < 4.78 is 0. The Morgan fingerprint density at radius 1 is 1.42 bits per heavy atom. The van der Waals surface area contributed by atoms with Crippen LogP contribution in [0.1, 0.15) is 26.2 Å². The smallest absolute Gasteiger partial charge is 0.308 e. The van der Waals surface area contributed by atoms with Crippen molar-refractivity contribution >= 4 is 11.9 Å². The van der Waals surface area contributed by atoms with E-state index in [2.05, 4.69) is 16.6 Å². The van der Waals surface area contributed by atoms with Gasteiger partial charge in [-0.3, -0.25) is 9.59 Å². The van der Waals surface area contributed by atoms with Gasteiger partial charge in [0.25, 0.3) is 0 Å². The van der Waals surface area contributed by atoms with Crippen molar-refractivity contribution in [2.75, 3.05) is 6.54 Å². The van der Waals surface area contributed by atoms with Crippen LogP contribution in [0, 0.1) is 30.1 Å². The normalized spacial score (nSPS) is 33.7. The molecule has 3 N–H and O–H groups in total. The molecular formula is C14H20N2O3. The predicted molar refractivity (Wildman–Crippen MR) is 70.2 cm³/mol. The molecule has 0 aromatic heterocycles. The molecule has 2 fully saturated rings. The summed E-state index contributed by atoms with van der Waals surface area (Å²) in [4.78, 5) is 23.1. The molecule has 2 rings (SSSR count). The summed E-state index contributed by atoms with van der Waals surface area (Å²) in [6, 6.07) is -0.512. The number of amides is 1. The minimum absolute atomic E-state index is 0.0946. The van der Waals surface area contributed by atoms with Gasteiger partial charge in [-0.2, -0.15) is 0 Å². The van der Waals surface area contributed by atoms with Crippen LogP contribution in [0.2, 0.25) is 0 Å². The molecule has 0 aromatic carbocycles. The van der Waals surface area contributed by atoms with Crippen LogP contribution < -0.4 is 10.6 Å². The molecule has 5 heteroatoms. The maximum atomic E-state index is 11.8. The van der Waals surface area contributed by atoms with Gasteiger partial charge in [-0.25, -0.2) is 0 Å². The van der Waals surface area contributed by atoms with Crippen molar-refractivity contribution in [2.45, 2.75) is 38.3 Å². The zero-order valence-electron chi connectivity index (χ0n) is 11.1. The third-order valence-corrected chi connectivity index (χ3v) is 4.40. The van der Waals surface area contributed by atoms with Gasteiger partial charge in [0.15, 0.2) is 0 Å². The molecule has 0 aromatic rings. The number of hydrogen-bond donors (Lipinski definition) is 3. The monoisotopic (exact) mass is 264 g/mol. The number of terminal acetylenes is 1. The Kier molecular flexibility index (Phi) is 4.11. The largest absolute Gasteiger partial charge is 0.481 e. The lowest BCUT2D eigenvalue weighted by Crippen LogP contribution is -2.52. The quantitative estimate of drug-likeness (QED) is 0.620. The Labute approximate surface area is 113 Å². The molecule has 5 nitrogen and oxygen atoms in total. The Bertz CT molecular complexity index is 415. The topological polar surface area (TPSA) is 78.4 Å². The number of carboxylic acid groups (broad SMARTS) is 1. The van der Waals surface area contributed by atoms with E-state index in [0.29, 0.717) is 5.92 Å². The molecule has 104 valence electrons. The fourth-order valence-electron chi connectivity index (χ4n) is 3.54. The highest BCUT2D eigenvalue weighted by atomic mass is 16.4. The van der Waals surface area contributed by atoms with E-state index in [-0.39, 0.29) is 30.3 Å². The van der Waals surface area contributed by atoms with Crippen molar-refractivity contribution in [1.82, 2.24) is 10.6 Å². The highest BCUT2D eigenvalue weighted by Crippen LogP contribution is 2.48. The molecule has 2 aliphatic carbocycles. The van der Waals surface area contributed by atoms with Crippen molar-refractivity contribution in [2.24, 2.45) is 17.8 Å².